The van der Waals surface area contributed by atoms with Gasteiger partial charge in [0.25, 0.3) is 0 Å². The van der Waals surface area contributed by atoms with Gasteiger partial charge in [0.05, 0.1) is 23.1 Å². The highest BCUT2D eigenvalue weighted by atomic mass is 32.2. The summed E-state index contributed by atoms with van der Waals surface area (Å²) in [5, 5.41) is 5.99. The van der Waals surface area contributed by atoms with Crippen molar-refractivity contribution in [3.63, 3.8) is 0 Å². The monoisotopic (exact) mass is 369 g/mol. The van der Waals surface area contributed by atoms with Crippen LogP contribution in [0.5, 0.6) is 5.75 Å². The van der Waals surface area contributed by atoms with E-state index in [9.17, 15) is 13.2 Å². The Bertz CT molecular complexity index is 696. The maximum absolute atomic E-state index is 12.7. The van der Waals surface area contributed by atoms with Crippen molar-refractivity contribution in [2.75, 3.05) is 38.1 Å². The Morgan fingerprint density at radius 3 is 2.60 bits per heavy atom. The normalized spacial score (nSPS) is 17.7. The van der Waals surface area contributed by atoms with Gasteiger partial charge in [0, 0.05) is 19.6 Å². The van der Waals surface area contributed by atoms with E-state index < -0.39 is 10.0 Å². The molecule has 1 fully saturated rings. The number of rotatable bonds is 8. The lowest BCUT2D eigenvalue weighted by Crippen LogP contribution is -2.30. The Kier molecular flexibility index (Phi) is 6.80. The molecule has 1 aliphatic rings. The summed E-state index contributed by atoms with van der Waals surface area (Å²) in [6.45, 7) is 8.09. The quantitative estimate of drug-likeness (QED) is 0.728. The molecular formula is C17H27N3O4S. The van der Waals surface area contributed by atoms with Gasteiger partial charge in [-0.1, -0.05) is 13.8 Å². The fourth-order valence-corrected chi connectivity index (χ4v) is 4.36. The molecule has 0 saturated carbocycles. The van der Waals surface area contributed by atoms with Crippen LogP contribution in [0.3, 0.4) is 0 Å². The van der Waals surface area contributed by atoms with E-state index in [0.717, 1.165) is 13.0 Å². The fourth-order valence-electron chi connectivity index (χ4n) is 2.87. The number of carbonyl (C=O) groups excluding carboxylic acids is 1. The molecule has 0 radical (unpaired) electrons. The summed E-state index contributed by atoms with van der Waals surface area (Å²) in [6.07, 6.45) is 0.771. The molecule has 140 valence electrons. The molecule has 0 aromatic heterocycles. The first kappa shape index (κ1) is 19.7. The first-order valence-electron chi connectivity index (χ1n) is 8.72. The van der Waals surface area contributed by atoms with Crippen LogP contribution in [-0.2, 0) is 14.8 Å². The summed E-state index contributed by atoms with van der Waals surface area (Å²) in [5.74, 6) is 0.237. The number of amides is 1. The standard InChI is InChI=1S/C17H27N3O4S/c1-4-20(5-2)25(22,23)14-7-8-16(24-6-3)15(11-14)19-17(21)13-9-10-18-12-13/h7-8,11,13,18H,4-6,9-10,12H2,1-3H3,(H,19,21). The number of hydrogen-bond donors (Lipinski definition) is 2. The van der Waals surface area contributed by atoms with Gasteiger partial charge in [-0.3, -0.25) is 4.79 Å². The molecule has 1 atom stereocenters. The third-order valence-electron chi connectivity index (χ3n) is 4.28. The molecule has 0 spiro atoms. The van der Waals surface area contributed by atoms with Gasteiger partial charge in [-0.05, 0) is 38.1 Å². The summed E-state index contributed by atoms with van der Waals surface area (Å²) in [5.41, 5.74) is 0.395. The second-order valence-corrected chi connectivity index (χ2v) is 7.80. The second kappa shape index (κ2) is 8.64. The van der Waals surface area contributed by atoms with Crippen LogP contribution in [0.2, 0.25) is 0 Å². The Morgan fingerprint density at radius 2 is 2.04 bits per heavy atom. The lowest BCUT2D eigenvalue weighted by molar-refractivity contribution is -0.119. The number of nitrogens with zero attached hydrogens (tertiary/aromatic N) is 1. The molecule has 8 heteroatoms. The van der Waals surface area contributed by atoms with Crippen molar-refractivity contribution in [2.24, 2.45) is 5.92 Å². The van der Waals surface area contributed by atoms with Crippen LogP contribution < -0.4 is 15.4 Å². The van der Waals surface area contributed by atoms with E-state index in [0.29, 0.717) is 37.7 Å². The average molecular weight is 369 g/mol. The maximum Gasteiger partial charge on any atom is 0.243 e. The molecule has 1 aromatic carbocycles. The van der Waals surface area contributed by atoms with Crippen LogP contribution in [0.15, 0.2) is 23.1 Å². The minimum absolute atomic E-state index is 0.113. The first-order chi connectivity index (χ1) is 11.9. The summed E-state index contributed by atoms with van der Waals surface area (Å²) in [4.78, 5) is 12.6. The molecule has 2 N–H and O–H groups in total. The molecule has 1 unspecified atom stereocenters. The molecule has 1 aromatic rings. The summed E-state index contributed by atoms with van der Waals surface area (Å²) in [7, 11) is -3.60. The van der Waals surface area contributed by atoms with Crippen LogP contribution in [0, 0.1) is 5.92 Å². The van der Waals surface area contributed by atoms with Gasteiger partial charge in [0.1, 0.15) is 5.75 Å². The van der Waals surface area contributed by atoms with E-state index in [1.165, 1.54) is 16.4 Å². The Morgan fingerprint density at radius 1 is 1.32 bits per heavy atom. The van der Waals surface area contributed by atoms with E-state index in [-0.39, 0.29) is 16.7 Å². The topological polar surface area (TPSA) is 87.7 Å². The molecular weight excluding hydrogens is 342 g/mol. The minimum Gasteiger partial charge on any atom is -0.492 e. The molecule has 0 aliphatic carbocycles. The van der Waals surface area contributed by atoms with Gasteiger partial charge < -0.3 is 15.4 Å². The SMILES string of the molecule is CCOc1ccc(S(=O)(=O)N(CC)CC)cc1NC(=O)C1CCNC1. The smallest absolute Gasteiger partial charge is 0.243 e. The van der Waals surface area contributed by atoms with Crippen molar-refractivity contribution in [1.82, 2.24) is 9.62 Å². The minimum atomic E-state index is -3.60. The van der Waals surface area contributed by atoms with Gasteiger partial charge in [0.15, 0.2) is 0 Å². The Balaban J connectivity index is 2.33. The lowest BCUT2D eigenvalue weighted by atomic mass is 10.1. The molecule has 1 heterocycles. The lowest BCUT2D eigenvalue weighted by Gasteiger charge is -2.20. The number of hydrogen-bond acceptors (Lipinski definition) is 5. The molecule has 1 saturated heterocycles. The average Bonchev–Trinajstić information content (AvgIpc) is 3.12. The van der Waals surface area contributed by atoms with Crippen molar-refractivity contribution in [3.8, 4) is 5.75 Å². The van der Waals surface area contributed by atoms with Crippen LogP contribution in [0.4, 0.5) is 5.69 Å². The molecule has 2 rings (SSSR count). The zero-order valence-electron chi connectivity index (χ0n) is 15.0. The van der Waals surface area contributed by atoms with Crippen molar-refractivity contribution in [1.29, 1.82) is 0 Å². The predicted molar refractivity (Wildman–Crippen MR) is 97.3 cm³/mol. The number of sulfonamides is 1. The molecule has 7 nitrogen and oxygen atoms in total. The number of ether oxygens (including phenoxy) is 1. The van der Waals surface area contributed by atoms with Crippen LogP contribution in [0.25, 0.3) is 0 Å². The van der Waals surface area contributed by atoms with Crippen molar-refractivity contribution in [3.05, 3.63) is 18.2 Å². The Hall–Kier alpha value is -1.64. The molecule has 25 heavy (non-hydrogen) atoms. The van der Waals surface area contributed by atoms with Gasteiger partial charge in [0.2, 0.25) is 15.9 Å². The molecule has 0 bridgehead atoms. The van der Waals surface area contributed by atoms with E-state index in [4.69, 9.17) is 4.74 Å². The maximum atomic E-state index is 12.7. The van der Waals surface area contributed by atoms with Crippen molar-refractivity contribution >= 4 is 21.6 Å². The fraction of sp³-hybridized carbons (Fsp3) is 0.588. The highest BCUT2D eigenvalue weighted by Crippen LogP contribution is 2.30. The first-order valence-corrected chi connectivity index (χ1v) is 10.2. The van der Waals surface area contributed by atoms with Gasteiger partial charge in [-0.2, -0.15) is 4.31 Å². The van der Waals surface area contributed by atoms with Crippen molar-refractivity contribution < 1.29 is 17.9 Å². The van der Waals surface area contributed by atoms with Gasteiger partial charge >= 0.3 is 0 Å². The van der Waals surface area contributed by atoms with E-state index in [2.05, 4.69) is 10.6 Å². The largest absolute Gasteiger partial charge is 0.492 e. The highest BCUT2D eigenvalue weighted by Gasteiger charge is 2.26. The zero-order valence-corrected chi connectivity index (χ0v) is 15.9. The zero-order chi connectivity index (χ0) is 18.4. The predicted octanol–water partition coefficient (Wildman–Crippen LogP) is 1.66. The van der Waals surface area contributed by atoms with Crippen molar-refractivity contribution in [2.45, 2.75) is 32.1 Å². The molecule has 1 aliphatic heterocycles. The number of benzene rings is 1. The molecule has 1 amide bonds. The number of anilines is 1. The summed E-state index contributed by atoms with van der Waals surface area (Å²) in [6, 6.07) is 4.60. The van der Waals surface area contributed by atoms with E-state index in [1.54, 1.807) is 19.9 Å². The van der Waals surface area contributed by atoms with E-state index >= 15 is 0 Å². The van der Waals surface area contributed by atoms with Crippen LogP contribution in [-0.4, -0.2) is 51.4 Å². The second-order valence-electron chi connectivity index (χ2n) is 5.86. The third kappa shape index (κ3) is 4.50. The van der Waals surface area contributed by atoms with Crippen LogP contribution in [0.1, 0.15) is 27.2 Å². The summed E-state index contributed by atoms with van der Waals surface area (Å²) >= 11 is 0. The van der Waals surface area contributed by atoms with Gasteiger partial charge in [-0.15, -0.1) is 0 Å². The highest BCUT2D eigenvalue weighted by molar-refractivity contribution is 7.89. The van der Waals surface area contributed by atoms with E-state index in [1.807, 2.05) is 6.92 Å². The Labute approximate surface area is 149 Å². The van der Waals surface area contributed by atoms with Gasteiger partial charge in [-0.25, -0.2) is 8.42 Å². The number of carbonyl (C=O) groups is 1. The summed E-state index contributed by atoms with van der Waals surface area (Å²) < 4.78 is 32.4. The third-order valence-corrected chi connectivity index (χ3v) is 6.33. The number of nitrogens with one attached hydrogen (secondary N) is 2. The van der Waals surface area contributed by atoms with Crippen LogP contribution >= 0.6 is 0 Å².